The molecule has 4 rings (SSSR count). The van der Waals surface area contributed by atoms with Gasteiger partial charge in [-0.3, -0.25) is 4.79 Å². The van der Waals surface area contributed by atoms with Crippen LogP contribution in [0, 0.1) is 5.92 Å². The number of nitrogens with one attached hydrogen (secondary N) is 1. The normalized spacial score (nSPS) is 17.0. The highest BCUT2D eigenvalue weighted by Crippen LogP contribution is 2.35. The van der Waals surface area contributed by atoms with E-state index < -0.39 is 0 Å². The lowest BCUT2D eigenvalue weighted by atomic mass is 10.1. The van der Waals surface area contributed by atoms with Crippen LogP contribution >= 0.6 is 12.4 Å². The molecule has 0 bridgehead atoms. The molecule has 2 aromatic rings. The van der Waals surface area contributed by atoms with E-state index in [4.69, 9.17) is 20.3 Å². The first-order valence-electron chi connectivity index (χ1n) is 10.1. The van der Waals surface area contributed by atoms with Gasteiger partial charge < -0.3 is 24.7 Å². The summed E-state index contributed by atoms with van der Waals surface area (Å²) in [6, 6.07) is 3.63. The fourth-order valence-electron chi connectivity index (χ4n) is 4.25. The molecule has 0 spiro atoms. The minimum Gasteiger partial charge on any atom is -0.493 e. The number of halogens is 1. The molecule has 2 aliphatic rings. The van der Waals surface area contributed by atoms with Crippen LogP contribution in [0.15, 0.2) is 12.1 Å². The van der Waals surface area contributed by atoms with Crippen molar-refractivity contribution >= 4 is 41.0 Å². The number of nitrogens with zero attached hydrogens (tertiary/aromatic N) is 4. The van der Waals surface area contributed by atoms with Gasteiger partial charge in [-0.05, 0) is 18.9 Å². The van der Waals surface area contributed by atoms with Gasteiger partial charge in [-0.1, -0.05) is 12.8 Å². The maximum atomic E-state index is 12.7. The molecule has 2 fully saturated rings. The Morgan fingerprint density at radius 1 is 1.07 bits per heavy atom. The van der Waals surface area contributed by atoms with Crippen molar-refractivity contribution in [2.75, 3.05) is 50.7 Å². The number of rotatable bonds is 5. The third-order valence-electron chi connectivity index (χ3n) is 5.90. The van der Waals surface area contributed by atoms with E-state index in [1.54, 1.807) is 14.2 Å². The van der Waals surface area contributed by atoms with Crippen molar-refractivity contribution in [3.05, 3.63) is 12.1 Å². The molecule has 9 nitrogen and oxygen atoms in total. The Bertz CT molecular complexity index is 898. The summed E-state index contributed by atoms with van der Waals surface area (Å²) in [5, 5.41) is 0.754. The van der Waals surface area contributed by atoms with E-state index in [0.717, 1.165) is 18.2 Å². The summed E-state index contributed by atoms with van der Waals surface area (Å²) in [5.74, 6) is 8.55. The predicted molar refractivity (Wildman–Crippen MR) is 118 cm³/mol. The molecule has 30 heavy (non-hydrogen) atoms. The molecule has 0 atom stereocenters. The Hall–Kier alpha value is -2.52. The maximum Gasteiger partial charge on any atom is 0.228 e. The third kappa shape index (κ3) is 4.17. The Morgan fingerprint density at radius 3 is 2.30 bits per heavy atom. The minimum absolute atomic E-state index is 0. The molecule has 10 heteroatoms. The summed E-state index contributed by atoms with van der Waals surface area (Å²) in [4.78, 5) is 26.1. The van der Waals surface area contributed by atoms with Crippen LogP contribution in [0.1, 0.15) is 25.7 Å². The van der Waals surface area contributed by atoms with Crippen LogP contribution < -0.4 is 25.6 Å². The van der Waals surface area contributed by atoms with Gasteiger partial charge in [0.15, 0.2) is 17.3 Å². The average Bonchev–Trinajstić information content (AvgIpc) is 3.31. The van der Waals surface area contributed by atoms with Gasteiger partial charge in [0, 0.05) is 43.5 Å². The molecule has 1 amide bonds. The number of hydrazine groups is 1. The number of hydrogen-bond acceptors (Lipinski definition) is 8. The van der Waals surface area contributed by atoms with Crippen molar-refractivity contribution in [2.45, 2.75) is 25.7 Å². The number of hydrogen-bond donors (Lipinski definition) is 2. The standard InChI is InChI=1S/C20H28N6O3.ClH/c1-28-16-11-14-15(12-17(16)29-2)22-20(23-18(14)24-21)26-9-7-25(8-10-26)19(27)13-5-3-4-6-13;/h11-13H,3-10,21H2,1-2H3,(H,22,23,24);1H. The number of carbonyl (C=O) groups is 1. The number of methoxy groups -OCH3 is 2. The van der Waals surface area contributed by atoms with Crippen molar-refractivity contribution in [1.82, 2.24) is 14.9 Å². The van der Waals surface area contributed by atoms with E-state index in [1.807, 2.05) is 17.0 Å². The number of fused-ring (bicyclic) bond motifs is 1. The van der Waals surface area contributed by atoms with E-state index >= 15 is 0 Å². The summed E-state index contributed by atoms with van der Waals surface area (Å²) in [5.41, 5.74) is 3.38. The Morgan fingerprint density at radius 2 is 1.70 bits per heavy atom. The van der Waals surface area contributed by atoms with Gasteiger partial charge in [-0.15, -0.1) is 12.4 Å². The molecule has 1 aliphatic heterocycles. The average molecular weight is 437 g/mol. The lowest BCUT2D eigenvalue weighted by Gasteiger charge is -2.36. The second kappa shape index (κ2) is 9.53. The number of nitrogens with two attached hydrogens (primary N) is 1. The zero-order valence-corrected chi connectivity index (χ0v) is 18.2. The Kier molecular flexibility index (Phi) is 7.04. The first-order chi connectivity index (χ1) is 14.1. The van der Waals surface area contributed by atoms with Crippen molar-refractivity contribution in [1.29, 1.82) is 0 Å². The summed E-state index contributed by atoms with van der Waals surface area (Å²) in [7, 11) is 3.18. The van der Waals surface area contributed by atoms with Gasteiger partial charge in [0.25, 0.3) is 0 Å². The van der Waals surface area contributed by atoms with E-state index in [0.29, 0.717) is 60.9 Å². The molecule has 1 aromatic carbocycles. The van der Waals surface area contributed by atoms with Crippen molar-refractivity contribution in [3.8, 4) is 11.5 Å². The molecular weight excluding hydrogens is 408 g/mol. The monoisotopic (exact) mass is 436 g/mol. The molecule has 2 heterocycles. The summed E-state index contributed by atoms with van der Waals surface area (Å²) >= 11 is 0. The fourth-order valence-corrected chi connectivity index (χ4v) is 4.25. The zero-order valence-electron chi connectivity index (χ0n) is 17.4. The molecule has 1 saturated heterocycles. The number of piperazine rings is 1. The Labute approximate surface area is 182 Å². The molecule has 1 aromatic heterocycles. The zero-order chi connectivity index (χ0) is 20.4. The minimum atomic E-state index is 0. The van der Waals surface area contributed by atoms with Gasteiger partial charge >= 0.3 is 0 Å². The van der Waals surface area contributed by atoms with Crippen LogP contribution in [-0.4, -0.2) is 61.2 Å². The quantitative estimate of drug-likeness (QED) is 0.542. The van der Waals surface area contributed by atoms with Crippen molar-refractivity contribution in [3.63, 3.8) is 0 Å². The van der Waals surface area contributed by atoms with E-state index in [9.17, 15) is 4.79 Å². The van der Waals surface area contributed by atoms with Crippen molar-refractivity contribution < 1.29 is 14.3 Å². The number of aromatic nitrogens is 2. The van der Waals surface area contributed by atoms with Gasteiger partial charge in [-0.25, -0.2) is 10.8 Å². The summed E-state index contributed by atoms with van der Waals surface area (Å²) < 4.78 is 10.8. The SMILES string of the molecule is COc1cc2nc(N3CCN(C(=O)C4CCCC4)CC3)nc(NN)c2cc1OC.Cl. The summed E-state index contributed by atoms with van der Waals surface area (Å²) in [6.07, 6.45) is 4.40. The highest BCUT2D eigenvalue weighted by molar-refractivity contribution is 5.92. The van der Waals surface area contributed by atoms with Gasteiger partial charge in [-0.2, -0.15) is 4.98 Å². The van der Waals surface area contributed by atoms with Gasteiger partial charge in [0.1, 0.15) is 0 Å². The molecule has 0 unspecified atom stereocenters. The topological polar surface area (TPSA) is 106 Å². The summed E-state index contributed by atoms with van der Waals surface area (Å²) in [6.45, 7) is 2.77. The lowest BCUT2D eigenvalue weighted by Crippen LogP contribution is -2.50. The molecule has 1 aliphatic carbocycles. The Balaban J connectivity index is 0.00000256. The van der Waals surface area contributed by atoms with Crippen LogP contribution in [0.2, 0.25) is 0 Å². The van der Waals surface area contributed by atoms with Gasteiger partial charge in [0.2, 0.25) is 11.9 Å². The highest BCUT2D eigenvalue weighted by atomic mass is 35.5. The first kappa shape index (κ1) is 22.2. The van der Waals surface area contributed by atoms with Crippen molar-refractivity contribution in [2.24, 2.45) is 11.8 Å². The van der Waals surface area contributed by atoms with E-state index in [2.05, 4.69) is 15.3 Å². The van der Waals surface area contributed by atoms with Crippen LogP contribution in [0.5, 0.6) is 11.5 Å². The molecule has 164 valence electrons. The lowest BCUT2D eigenvalue weighted by molar-refractivity contribution is -0.135. The predicted octanol–water partition coefficient (Wildman–Crippen LogP) is 2.19. The molecule has 0 radical (unpaired) electrons. The number of carbonyl (C=O) groups excluding carboxylic acids is 1. The molecule has 3 N–H and O–H groups in total. The second-order valence-corrected chi connectivity index (χ2v) is 7.53. The van der Waals surface area contributed by atoms with Crippen LogP contribution in [-0.2, 0) is 4.79 Å². The van der Waals surface area contributed by atoms with E-state index in [1.165, 1.54) is 12.8 Å². The molecule has 1 saturated carbocycles. The van der Waals surface area contributed by atoms with E-state index in [-0.39, 0.29) is 18.3 Å². The smallest absolute Gasteiger partial charge is 0.228 e. The third-order valence-corrected chi connectivity index (χ3v) is 5.90. The number of nitrogen functional groups attached to an aromatic ring is 1. The maximum absolute atomic E-state index is 12.7. The van der Waals surface area contributed by atoms with Crippen LogP contribution in [0.3, 0.4) is 0 Å². The second-order valence-electron chi connectivity index (χ2n) is 7.53. The first-order valence-corrected chi connectivity index (χ1v) is 10.1. The molecular formula is C20H29ClN6O3. The number of ether oxygens (including phenoxy) is 2. The van der Waals surface area contributed by atoms with Gasteiger partial charge in [0.05, 0.1) is 19.7 Å². The number of amides is 1. The number of benzene rings is 1. The largest absolute Gasteiger partial charge is 0.493 e. The number of anilines is 2. The van der Waals surface area contributed by atoms with Crippen LogP contribution in [0.25, 0.3) is 10.9 Å². The fraction of sp³-hybridized carbons (Fsp3) is 0.550. The highest BCUT2D eigenvalue weighted by Gasteiger charge is 2.30. The van der Waals surface area contributed by atoms with Crippen LogP contribution in [0.4, 0.5) is 11.8 Å².